The van der Waals surface area contributed by atoms with Gasteiger partial charge in [-0.25, -0.2) is 4.39 Å². The summed E-state index contributed by atoms with van der Waals surface area (Å²) < 4.78 is 14.6. The maximum atomic E-state index is 13.7. The molecule has 17 heavy (non-hydrogen) atoms. The molecule has 2 rings (SSSR count). The van der Waals surface area contributed by atoms with Crippen LogP contribution in [0, 0.1) is 11.7 Å². The molecule has 0 radical (unpaired) electrons. The van der Waals surface area contributed by atoms with Gasteiger partial charge in [0.05, 0.1) is 0 Å². The minimum atomic E-state index is -0.179. The van der Waals surface area contributed by atoms with Crippen molar-refractivity contribution in [2.24, 2.45) is 11.7 Å². The summed E-state index contributed by atoms with van der Waals surface area (Å²) in [7, 11) is 0. The van der Waals surface area contributed by atoms with Gasteiger partial charge >= 0.3 is 0 Å². The van der Waals surface area contributed by atoms with Gasteiger partial charge in [0.15, 0.2) is 0 Å². The summed E-state index contributed by atoms with van der Waals surface area (Å²) in [6.45, 7) is 0. The smallest absolute Gasteiger partial charge is 0.128 e. The Morgan fingerprint density at radius 3 is 2.53 bits per heavy atom. The van der Waals surface area contributed by atoms with Crippen molar-refractivity contribution in [1.29, 1.82) is 0 Å². The number of halogens is 3. The van der Waals surface area contributed by atoms with Gasteiger partial charge in [0.25, 0.3) is 0 Å². The Labute approximate surface area is 117 Å². The molecule has 96 valence electrons. The van der Waals surface area contributed by atoms with Crippen LogP contribution in [0.4, 0.5) is 4.39 Å². The average molecular weight is 323 g/mol. The van der Waals surface area contributed by atoms with E-state index >= 15 is 0 Å². The highest BCUT2D eigenvalue weighted by atomic mass is 79.9. The van der Waals surface area contributed by atoms with Crippen molar-refractivity contribution in [1.82, 2.24) is 0 Å². The molecule has 0 aliphatic heterocycles. The topological polar surface area (TPSA) is 26.0 Å². The lowest BCUT2D eigenvalue weighted by molar-refractivity contribution is 0.303. The fourth-order valence-corrected chi connectivity index (χ4v) is 2.90. The van der Waals surface area contributed by atoms with Gasteiger partial charge in [-0.1, -0.05) is 35.2 Å². The van der Waals surface area contributed by atoms with E-state index in [-0.39, 0.29) is 24.3 Å². The Morgan fingerprint density at radius 1 is 1.24 bits per heavy atom. The fourth-order valence-electron chi connectivity index (χ4n) is 2.52. The molecular formula is C13H18BrClFN. The van der Waals surface area contributed by atoms with E-state index in [4.69, 9.17) is 5.73 Å². The number of hydrogen-bond acceptors (Lipinski definition) is 1. The first kappa shape index (κ1) is 14.9. The summed E-state index contributed by atoms with van der Waals surface area (Å²) in [5.41, 5.74) is 6.83. The highest BCUT2D eigenvalue weighted by molar-refractivity contribution is 9.10. The maximum absolute atomic E-state index is 13.7. The summed E-state index contributed by atoms with van der Waals surface area (Å²) in [4.78, 5) is 0. The molecule has 1 nitrogen and oxygen atoms in total. The Morgan fingerprint density at radius 2 is 1.88 bits per heavy atom. The van der Waals surface area contributed by atoms with Crippen molar-refractivity contribution < 1.29 is 4.39 Å². The van der Waals surface area contributed by atoms with E-state index < -0.39 is 0 Å². The average Bonchev–Trinajstić information content (AvgIpc) is 2.32. The Hall–Kier alpha value is -0.120. The lowest BCUT2D eigenvalue weighted by Crippen LogP contribution is -2.24. The van der Waals surface area contributed by atoms with Gasteiger partial charge in [0, 0.05) is 16.1 Å². The summed E-state index contributed by atoms with van der Waals surface area (Å²) in [5, 5.41) is 0. The van der Waals surface area contributed by atoms with Gasteiger partial charge in [-0.3, -0.25) is 0 Å². The van der Waals surface area contributed by atoms with Gasteiger partial charge < -0.3 is 5.73 Å². The van der Waals surface area contributed by atoms with E-state index in [1.807, 2.05) is 6.07 Å². The first-order valence-corrected chi connectivity index (χ1v) is 6.68. The van der Waals surface area contributed by atoms with Gasteiger partial charge in [-0.15, -0.1) is 12.4 Å². The number of hydrogen-bond donors (Lipinski definition) is 1. The first-order valence-electron chi connectivity index (χ1n) is 5.89. The molecule has 0 heterocycles. The van der Waals surface area contributed by atoms with Crippen LogP contribution in [0.15, 0.2) is 22.7 Å². The highest BCUT2D eigenvalue weighted by Gasteiger charge is 2.23. The standard InChI is InChI=1S/C13H17BrFN.ClH/c14-10-6-7-12(15)11(8-10)13(16)9-4-2-1-3-5-9;/h6-9,13H,1-5,16H2;1H/t13-;/m1./s1. The third-order valence-electron chi connectivity index (χ3n) is 3.47. The summed E-state index contributed by atoms with van der Waals surface area (Å²) in [6.07, 6.45) is 6.02. The Bertz CT molecular complexity index is 366. The Kier molecular flexibility index (Phi) is 5.90. The minimum absolute atomic E-state index is 0. The van der Waals surface area contributed by atoms with E-state index in [9.17, 15) is 4.39 Å². The third-order valence-corrected chi connectivity index (χ3v) is 3.97. The van der Waals surface area contributed by atoms with Gasteiger partial charge in [-0.2, -0.15) is 0 Å². The maximum Gasteiger partial charge on any atom is 0.128 e. The SMILES string of the molecule is Cl.N[C@@H](c1cc(Br)ccc1F)C1CCCCC1. The van der Waals surface area contributed by atoms with Crippen LogP contribution in [0.5, 0.6) is 0 Å². The first-order chi connectivity index (χ1) is 7.68. The van der Waals surface area contributed by atoms with Crippen LogP contribution in [-0.4, -0.2) is 0 Å². The van der Waals surface area contributed by atoms with Crippen LogP contribution in [0.1, 0.15) is 43.7 Å². The zero-order valence-electron chi connectivity index (χ0n) is 9.66. The molecule has 1 fully saturated rings. The molecular weight excluding hydrogens is 305 g/mol. The van der Waals surface area contributed by atoms with Crippen LogP contribution < -0.4 is 5.73 Å². The predicted octanol–water partition coefficient (Wildman–Crippen LogP) is 4.59. The van der Waals surface area contributed by atoms with E-state index in [1.54, 1.807) is 6.07 Å². The molecule has 0 aromatic heterocycles. The Balaban J connectivity index is 0.00000144. The molecule has 0 amide bonds. The molecule has 1 aromatic carbocycles. The van der Waals surface area contributed by atoms with Crippen molar-refractivity contribution in [2.45, 2.75) is 38.1 Å². The molecule has 4 heteroatoms. The van der Waals surface area contributed by atoms with Crippen molar-refractivity contribution >= 4 is 28.3 Å². The highest BCUT2D eigenvalue weighted by Crippen LogP contribution is 2.34. The molecule has 0 saturated heterocycles. The second-order valence-electron chi connectivity index (χ2n) is 4.59. The minimum Gasteiger partial charge on any atom is -0.324 e. The van der Waals surface area contributed by atoms with Crippen molar-refractivity contribution in [3.8, 4) is 0 Å². The fraction of sp³-hybridized carbons (Fsp3) is 0.538. The van der Waals surface area contributed by atoms with Crippen LogP contribution in [0.2, 0.25) is 0 Å². The van der Waals surface area contributed by atoms with Gasteiger partial charge in [0.1, 0.15) is 5.82 Å². The molecule has 0 unspecified atom stereocenters. The number of benzene rings is 1. The van der Waals surface area contributed by atoms with Crippen molar-refractivity contribution in [3.63, 3.8) is 0 Å². The zero-order chi connectivity index (χ0) is 11.5. The molecule has 0 bridgehead atoms. The van der Waals surface area contributed by atoms with Gasteiger partial charge in [-0.05, 0) is 37.0 Å². The van der Waals surface area contributed by atoms with Crippen molar-refractivity contribution in [3.05, 3.63) is 34.1 Å². The van der Waals surface area contributed by atoms with E-state index in [0.717, 1.165) is 17.3 Å². The second-order valence-corrected chi connectivity index (χ2v) is 5.51. The summed E-state index contributed by atoms with van der Waals surface area (Å²) >= 11 is 3.37. The van der Waals surface area contributed by atoms with Crippen LogP contribution in [0.25, 0.3) is 0 Å². The lowest BCUT2D eigenvalue weighted by Gasteiger charge is -2.28. The van der Waals surface area contributed by atoms with Crippen molar-refractivity contribution in [2.75, 3.05) is 0 Å². The summed E-state index contributed by atoms with van der Waals surface area (Å²) in [6, 6.07) is 4.86. The van der Waals surface area contributed by atoms with E-state index in [1.165, 1.54) is 25.3 Å². The van der Waals surface area contributed by atoms with Crippen LogP contribution in [0.3, 0.4) is 0 Å². The second kappa shape index (κ2) is 6.72. The molecule has 1 atom stereocenters. The molecule has 2 N–H and O–H groups in total. The number of rotatable bonds is 2. The normalized spacial score (nSPS) is 18.5. The molecule has 0 spiro atoms. The number of nitrogens with two attached hydrogens (primary N) is 1. The largest absolute Gasteiger partial charge is 0.324 e. The van der Waals surface area contributed by atoms with E-state index in [0.29, 0.717) is 11.5 Å². The quantitative estimate of drug-likeness (QED) is 0.846. The molecule has 1 aliphatic rings. The van der Waals surface area contributed by atoms with E-state index in [2.05, 4.69) is 15.9 Å². The molecule has 1 aromatic rings. The summed E-state index contributed by atoms with van der Waals surface area (Å²) in [5.74, 6) is 0.263. The van der Waals surface area contributed by atoms with Gasteiger partial charge in [0.2, 0.25) is 0 Å². The van der Waals surface area contributed by atoms with Crippen LogP contribution >= 0.6 is 28.3 Å². The molecule has 1 aliphatic carbocycles. The zero-order valence-corrected chi connectivity index (χ0v) is 12.1. The van der Waals surface area contributed by atoms with Crippen LogP contribution in [-0.2, 0) is 0 Å². The third kappa shape index (κ3) is 3.67. The predicted molar refractivity (Wildman–Crippen MR) is 74.9 cm³/mol. The lowest BCUT2D eigenvalue weighted by atomic mass is 9.81. The molecule has 1 saturated carbocycles. The monoisotopic (exact) mass is 321 g/mol.